The van der Waals surface area contributed by atoms with Crippen LogP contribution in [0.25, 0.3) is 0 Å². The number of hydrogen-bond acceptors (Lipinski definition) is 14. The standard InChI is InChI=1S/C103H176O16P2/c1-4-7-10-13-16-19-22-25-28-31-34-37-40-43-46-47-48-49-52-54-56-59-62-65-68-71-74-77-80-83-86-89-101(106)113-92-98(104)93-115-120(109,110)116-94-99(105)95-117-121(111,112)118-97-100(119-103(108)91-88-85-82-79-76-73-70-67-64-61-58-55-51-45-42-39-36-33-30-27-24-21-18-15-12-9-6-3)96-114-102(107)90-87-84-81-78-75-72-69-66-63-60-57-53-50-44-41-38-35-32-29-26-23-20-17-14-11-8-5-2/h8-9,11-12,16-21,25-30,34-39,43-46,50-51,98-100,104-105H,4-7,10,13-15,22-24,31-33,40-42,47-49,52-97H2,1-3H3,(H,109,110)(H,111,112)/b11-8-,12-9-,19-16-,20-17-,21-18-,28-25-,29-26-,30-27-,37-34-,38-35-,39-36-,46-43-,50-44-,51-45-. The molecule has 0 aliphatic heterocycles. The number of rotatable bonds is 91. The van der Waals surface area contributed by atoms with Gasteiger partial charge in [-0.25, -0.2) is 9.13 Å². The molecule has 0 aliphatic rings. The Morgan fingerprint density at radius 3 is 0.694 bits per heavy atom. The number of carbonyl (C=O) groups is 3. The van der Waals surface area contributed by atoms with Gasteiger partial charge in [0.15, 0.2) is 6.10 Å². The Bertz CT molecular complexity index is 2880. The van der Waals surface area contributed by atoms with Gasteiger partial charge in [-0.2, -0.15) is 0 Å². The topological polar surface area (TPSA) is 231 Å². The van der Waals surface area contributed by atoms with Crippen LogP contribution >= 0.6 is 15.6 Å². The van der Waals surface area contributed by atoms with Crippen LogP contribution in [0.15, 0.2) is 170 Å². The molecule has 0 aromatic carbocycles. The molecular weight excluding hydrogens is 1560 g/mol. The van der Waals surface area contributed by atoms with Crippen LogP contribution in [0, 0.1) is 0 Å². The third-order valence-electron chi connectivity index (χ3n) is 20.4. The molecule has 16 nitrogen and oxygen atoms in total. The van der Waals surface area contributed by atoms with Crippen LogP contribution in [0.2, 0.25) is 0 Å². The summed E-state index contributed by atoms with van der Waals surface area (Å²) in [4.78, 5) is 59.1. The average Bonchev–Trinajstić information content (AvgIpc) is 0.894. The monoisotopic (exact) mass is 1730 g/mol. The Morgan fingerprint density at radius 2 is 0.438 bits per heavy atom. The summed E-state index contributed by atoms with van der Waals surface area (Å²) in [5.74, 6) is -1.57. The summed E-state index contributed by atoms with van der Waals surface area (Å²) in [5, 5.41) is 20.8. The number of aliphatic hydroxyl groups is 2. The average molecular weight is 1730 g/mol. The Balaban J connectivity index is 4.63. The highest BCUT2D eigenvalue weighted by Gasteiger charge is 2.30. The van der Waals surface area contributed by atoms with E-state index in [1.54, 1.807) is 0 Å². The lowest BCUT2D eigenvalue weighted by molar-refractivity contribution is -0.161. The first-order chi connectivity index (χ1) is 59.2. The van der Waals surface area contributed by atoms with Gasteiger partial charge in [-0.1, -0.05) is 403 Å². The van der Waals surface area contributed by atoms with Gasteiger partial charge in [0.25, 0.3) is 0 Å². The van der Waals surface area contributed by atoms with Gasteiger partial charge in [-0.15, -0.1) is 0 Å². The normalized spacial score (nSPS) is 14.5. The lowest BCUT2D eigenvalue weighted by Crippen LogP contribution is -2.30. The van der Waals surface area contributed by atoms with Crippen molar-refractivity contribution < 1.29 is 75.8 Å². The van der Waals surface area contributed by atoms with Gasteiger partial charge >= 0.3 is 33.6 Å². The largest absolute Gasteiger partial charge is 0.472 e. The first kappa shape index (κ1) is 116. The third-order valence-corrected chi connectivity index (χ3v) is 22.3. The predicted molar refractivity (Wildman–Crippen MR) is 509 cm³/mol. The van der Waals surface area contributed by atoms with Crippen molar-refractivity contribution in [2.45, 2.75) is 424 Å². The quantitative estimate of drug-likeness (QED) is 0.0146. The molecular formula is C103H176O16P2. The SMILES string of the molecule is CC/C=C\C/C=C\C/C=C\C/C=C\C/C=C\CCCCCCCCCCCCCC(=O)OCC(COP(=O)(O)OCC(O)COP(=O)(O)OCC(O)COC(=O)CCCCCCCCCCCCCCCCC/C=C\C/C=C\C/C=C\C/C=C\CCCCC)OC(=O)CCCCCCCCCCCCC/C=C\C/C=C\C/C=C\C/C=C\C/C=C\CC. The minimum Gasteiger partial charge on any atom is -0.463 e. The minimum atomic E-state index is -4.95. The number of phosphoric ester groups is 2. The molecule has 0 amide bonds. The van der Waals surface area contributed by atoms with E-state index in [0.717, 1.165) is 167 Å². The van der Waals surface area contributed by atoms with E-state index in [1.165, 1.54) is 180 Å². The molecule has 0 spiro atoms. The maximum absolute atomic E-state index is 13.1. The van der Waals surface area contributed by atoms with Crippen molar-refractivity contribution in [2.75, 3.05) is 39.6 Å². The summed E-state index contributed by atoms with van der Waals surface area (Å²) in [5.41, 5.74) is 0. The Kier molecular flexibility index (Phi) is 90.1. The fraction of sp³-hybridized carbons (Fsp3) is 0.699. The third kappa shape index (κ3) is 95.4. The van der Waals surface area contributed by atoms with Crippen molar-refractivity contribution >= 4 is 33.6 Å². The smallest absolute Gasteiger partial charge is 0.463 e. The first-order valence-electron chi connectivity index (χ1n) is 48.4. The van der Waals surface area contributed by atoms with Crippen LogP contribution in [-0.2, 0) is 55.8 Å². The van der Waals surface area contributed by atoms with Crippen LogP contribution in [0.4, 0.5) is 0 Å². The van der Waals surface area contributed by atoms with Crippen LogP contribution in [0.5, 0.6) is 0 Å². The number of phosphoric acid groups is 2. The molecule has 0 rings (SSSR count). The molecule has 0 heterocycles. The lowest BCUT2D eigenvalue weighted by atomic mass is 10.0. The van der Waals surface area contributed by atoms with E-state index in [0.29, 0.717) is 19.3 Å². The maximum Gasteiger partial charge on any atom is 0.472 e. The summed E-state index contributed by atoms with van der Waals surface area (Å²) < 4.78 is 61.6. The second kappa shape index (κ2) is 94.1. The highest BCUT2D eigenvalue weighted by atomic mass is 31.2. The van der Waals surface area contributed by atoms with E-state index in [1.807, 2.05) is 0 Å². The molecule has 694 valence electrons. The number of hydrogen-bond donors (Lipinski definition) is 4. The Hall–Kier alpha value is -5.09. The summed E-state index contributed by atoms with van der Waals surface area (Å²) >= 11 is 0. The van der Waals surface area contributed by atoms with Crippen molar-refractivity contribution in [1.82, 2.24) is 0 Å². The zero-order chi connectivity index (χ0) is 87.9. The van der Waals surface area contributed by atoms with E-state index in [4.69, 9.17) is 32.3 Å². The zero-order valence-corrected chi connectivity index (χ0v) is 78.4. The Labute approximate surface area is 739 Å². The van der Waals surface area contributed by atoms with Crippen molar-refractivity contribution in [3.8, 4) is 0 Å². The highest BCUT2D eigenvalue weighted by Crippen LogP contribution is 2.45. The molecule has 5 atom stereocenters. The van der Waals surface area contributed by atoms with Crippen molar-refractivity contribution in [3.63, 3.8) is 0 Å². The van der Waals surface area contributed by atoms with Crippen molar-refractivity contribution in [1.29, 1.82) is 0 Å². The molecule has 0 saturated carbocycles. The van der Waals surface area contributed by atoms with Gasteiger partial charge in [-0.05, 0) is 154 Å². The van der Waals surface area contributed by atoms with Crippen LogP contribution in [0.1, 0.15) is 406 Å². The van der Waals surface area contributed by atoms with Crippen molar-refractivity contribution in [3.05, 3.63) is 170 Å². The molecule has 5 unspecified atom stereocenters. The second-order valence-corrected chi connectivity index (χ2v) is 35.0. The van der Waals surface area contributed by atoms with Gasteiger partial charge in [0, 0.05) is 19.3 Å². The zero-order valence-electron chi connectivity index (χ0n) is 76.6. The van der Waals surface area contributed by atoms with E-state index in [2.05, 4.69) is 191 Å². The van der Waals surface area contributed by atoms with Crippen LogP contribution in [0.3, 0.4) is 0 Å². The number of carbonyl (C=O) groups excluding carboxylic acids is 3. The van der Waals surface area contributed by atoms with E-state index in [-0.39, 0.29) is 19.3 Å². The lowest BCUT2D eigenvalue weighted by Gasteiger charge is -2.21. The minimum absolute atomic E-state index is 0.0955. The first-order valence-corrected chi connectivity index (χ1v) is 51.4. The molecule has 0 aromatic heterocycles. The van der Waals surface area contributed by atoms with Gasteiger partial charge in [0.05, 0.1) is 26.4 Å². The number of ether oxygens (including phenoxy) is 3. The molecule has 18 heteroatoms. The number of allylic oxidation sites excluding steroid dienone is 28. The number of unbranched alkanes of at least 4 members (excludes halogenated alkanes) is 40. The van der Waals surface area contributed by atoms with Gasteiger partial charge in [0.2, 0.25) is 0 Å². The van der Waals surface area contributed by atoms with Gasteiger partial charge < -0.3 is 34.2 Å². The second-order valence-electron chi connectivity index (χ2n) is 32.1. The van der Waals surface area contributed by atoms with Crippen molar-refractivity contribution in [2.24, 2.45) is 0 Å². The molecule has 0 radical (unpaired) electrons. The van der Waals surface area contributed by atoms with Gasteiger partial charge in [0.1, 0.15) is 25.4 Å². The van der Waals surface area contributed by atoms with Gasteiger partial charge in [-0.3, -0.25) is 32.5 Å². The molecule has 0 aliphatic carbocycles. The van der Waals surface area contributed by atoms with E-state index >= 15 is 0 Å². The molecule has 0 bridgehead atoms. The fourth-order valence-electron chi connectivity index (χ4n) is 13.1. The van der Waals surface area contributed by atoms with Crippen LogP contribution < -0.4 is 0 Å². The number of aliphatic hydroxyl groups excluding tert-OH is 2. The maximum atomic E-state index is 13.1. The number of esters is 3. The predicted octanol–water partition coefficient (Wildman–Crippen LogP) is 30.2. The molecule has 0 fully saturated rings. The molecule has 4 N–H and O–H groups in total. The van der Waals surface area contributed by atoms with Crippen LogP contribution in [-0.4, -0.2) is 95.9 Å². The molecule has 0 saturated heterocycles. The molecule has 0 aromatic rings. The van der Waals surface area contributed by atoms with E-state index < -0.39 is 91.5 Å². The summed E-state index contributed by atoms with van der Waals surface area (Å²) in [6.45, 7) is 2.48. The Morgan fingerprint density at radius 1 is 0.240 bits per heavy atom. The summed E-state index contributed by atoms with van der Waals surface area (Å²) in [6.07, 6.45) is 123. The molecule has 121 heavy (non-hydrogen) atoms. The summed E-state index contributed by atoms with van der Waals surface area (Å²) in [6, 6.07) is 0. The highest BCUT2D eigenvalue weighted by molar-refractivity contribution is 7.47. The van der Waals surface area contributed by atoms with E-state index in [9.17, 15) is 43.5 Å². The summed E-state index contributed by atoms with van der Waals surface area (Å²) in [7, 11) is -9.82. The fourth-order valence-corrected chi connectivity index (χ4v) is 14.7.